The Morgan fingerprint density at radius 2 is 1.94 bits per heavy atom. The number of carbonyl (C=O) groups is 2. The highest BCUT2D eigenvalue weighted by atomic mass is 16.4. The number of nitrogens with one attached hydrogen (secondary N) is 2. The molecule has 0 bridgehead atoms. The second kappa shape index (κ2) is 9.52. The molecule has 0 aromatic rings. The number of terminal acetylenes is 1. The predicted octanol–water partition coefficient (Wildman–Crippen LogP) is 1.34. The van der Waals surface area contributed by atoms with Crippen LogP contribution in [0.1, 0.15) is 39.0 Å². The molecule has 0 aromatic carbocycles. The van der Waals surface area contributed by atoms with Crippen LogP contribution in [0.15, 0.2) is 0 Å². The zero-order chi connectivity index (χ0) is 13.1. The maximum absolute atomic E-state index is 11.2. The first-order valence-corrected chi connectivity index (χ1v) is 5.78. The Labute approximate surface area is 102 Å². The molecule has 0 rings (SSSR count). The van der Waals surface area contributed by atoms with Gasteiger partial charge in [0.2, 0.25) is 0 Å². The quantitative estimate of drug-likeness (QED) is 0.442. The van der Waals surface area contributed by atoms with Gasteiger partial charge in [0.05, 0.1) is 6.04 Å². The van der Waals surface area contributed by atoms with Crippen LogP contribution >= 0.6 is 0 Å². The van der Waals surface area contributed by atoms with Gasteiger partial charge in [-0.1, -0.05) is 18.8 Å². The summed E-state index contributed by atoms with van der Waals surface area (Å²) in [6.07, 6.45) is 8.65. The molecule has 0 aliphatic rings. The van der Waals surface area contributed by atoms with E-state index in [0.717, 1.165) is 19.3 Å². The Morgan fingerprint density at radius 3 is 2.53 bits per heavy atom. The first-order valence-electron chi connectivity index (χ1n) is 5.78. The molecule has 0 heterocycles. The minimum atomic E-state index is -0.759. The van der Waals surface area contributed by atoms with Gasteiger partial charge in [-0.15, -0.1) is 6.42 Å². The van der Waals surface area contributed by atoms with Crippen LogP contribution in [0.2, 0.25) is 0 Å². The zero-order valence-corrected chi connectivity index (χ0v) is 10.2. The van der Waals surface area contributed by atoms with Gasteiger partial charge in [-0.25, -0.2) is 4.79 Å². The molecule has 17 heavy (non-hydrogen) atoms. The van der Waals surface area contributed by atoms with E-state index >= 15 is 0 Å². The summed E-state index contributed by atoms with van der Waals surface area (Å²) in [5, 5.41) is 13.7. The van der Waals surface area contributed by atoms with Gasteiger partial charge < -0.3 is 15.7 Å². The fraction of sp³-hybridized carbons (Fsp3) is 0.667. The minimum Gasteiger partial charge on any atom is -0.481 e. The molecule has 96 valence electrons. The molecular formula is C12H20N2O3. The van der Waals surface area contributed by atoms with Crippen molar-refractivity contribution in [2.24, 2.45) is 0 Å². The van der Waals surface area contributed by atoms with Crippen molar-refractivity contribution in [1.82, 2.24) is 10.6 Å². The molecule has 5 nitrogen and oxygen atoms in total. The van der Waals surface area contributed by atoms with Crippen molar-refractivity contribution in [1.29, 1.82) is 0 Å². The van der Waals surface area contributed by atoms with Gasteiger partial charge in [0.1, 0.15) is 0 Å². The monoisotopic (exact) mass is 240 g/mol. The van der Waals surface area contributed by atoms with Crippen LogP contribution in [0.3, 0.4) is 0 Å². The molecule has 3 N–H and O–H groups in total. The molecule has 0 spiro atoms. The molecule has 2 amide bonds. The second-order valence-electron chi connectivity index (χ2n) is 3.85. The van der Waals surface area contributed by atoms with Gasteiger partial charge in [0, 0.05) is 13.0 Å². The van der Waals surface area contributed by atoms with Crippen molar-refractivity contribution in [3.63, 3.8) is 0 Å². The number of hydrogen-bond donors (Lipinski definition) is 3. The number of carboxylic acid groups (broad SMARTS) is 1. The highest BCUT2D eigenvalue weighted by molar-refractivity contribution is 5.74. The number of unbranched alkanes of at least 4 members (excludes halogenated alkanes) is 3. The van der Waals surface area contributed by atoms with Crippen molar-refractivity contribution >= 4 is 12.0 Å². The topological polar surface area (TPSA) is 78.4 Å². The lowest BCUT2D eigenvalue weighted by Gasteiger charge is -2.09. The molecule has 0 saturated heterocycles. The highest BCUT2D eigenvalue weighted by Crippen LogP contribution is 2.01. The standard InChI is InChI=1S/C12H20N2O3/c1-3-10(2)14-12(17)13-9-7-5-4-6-8-11(15)16/h1,10H,4-9H2,2H3,(H,15,16)(H2,13,14,17). The van der Waals surface area contributed by atoms with E-state index in [0.29, 0.717) is 13.0 Å². The van der Waals surface area contributed by atoms with Crippen LogP contribution in [-0.2, 0) is 4.79 Å². The van der Waals surface area contributed by atoms with Crippen molar-refractivity contribution in [3.8, 4) is 12.3 Å². The summed E-state index contributed by atoms with van der Waals surface area (Å²) >= 11 is 0. The van der Waals surface area contributed by atoms with E-state index in [-0.39, 0.29) is 18.5 Å². The number of rotatable bonds is 8. The minimum absolute atomic E-state index is 0.216. The van der Waals surface area contributed by atoms with E-state index in [9.17, 15) is 9.59 Å². The lowest BCUT2D eigenvalue weighted by Crippen LogP contribution is -2.40. The molecule has 0 radical (unpaired) electrons. The van der Waals surface area contributed by atoms with Crippen molar-refractivity contribution < 1.29 is 14.7 Å². The van der Waals surface area contributed by atoms with Crippen LogP contribution in [0, 0.1) is 12.3 Å². The summed E-state index contributed by atoms with van der Waals surface area (Å²) < 4.78 is 0. The van der Waals surface area contributed by atoms with E-state index in [1.807, 2.05) is 0 Å². The SMILES string of the molecule is C#CC(C)NC(=O)NCCCCCCC(=O)O. The van der Waals surface area contributed by atoms with E-state index in [1.165, 1.54) is 0 Å². The molecule has 0 aromatic heterocycles. The molecule has 0 aliphatic heterocycles. The van der Waals surface area contributed by atoms with Crippen molar-refractivity contribution in [3.05, 3.63) is 0 Å². The molecule has 1 unspecified atom stereocenters. The third kappa shape index (κ3) is 10.6. The van der Waals surface area contributed by atoms with Gasteiger partial charge in [0.25, 0.3) is 0 Å². The summed E-state index contributed by atoms with van der Waals surface area (Å²) in [4.78, 5) is 21.4. The summed E-state index contributed by atoms with van der Waals surface area (Å²) in [6.45, 7) is 2.31. The maximum atomic E-state index is 11.2. The maximum Gasteiger partial charge on any atom is 0.315 e. The number of urea groups is 1. The van der Waals surface area contributed by atoms with Crippen LogP contribution in [0.25, 0.3) is 0 Å². The average molecular weight is 240 g/mol. The smallest absolute Gasteiger partial charge is 0.315 e. The van der Waals surface area contributed by atoms with E-state index in [2.05, 4.69) is 16.6 Å². The van der Waals surface area contributed by atoms with Gasteiger partial charge >= 0.3 is 12.0 Å². The Kier molecular flexibility index (Phi) is 8.57. The second-order valence-corrected chi connectivity index (χ2v) is 3.85. The van der Waals surface area contributed by atoms with E-state index in [1.54, 1.807) is 6.92 Å². The molecular weight excluding hydrogens is 220 g/mol. The van der Waals surface area contributed by atoms with E-state index in [4.69, 9.17) is 11.5 Å². The molecule has 1 atom stereocenters. The van der Waals surface area contributed by atoms with Gasteiger partial charge in [0.15, 0.2) is 0 Å². The number of amides is 2. The fourth-order valence-electron chi connectivity index (χ4n) is 1.25. The summed E-state index contributed by atoms with van der Waals surface area (Å²) in [5.41, 5.74) is 0. The largest absolute Gasteiger partial charge is 0.481 e. The summed E-state index contributed by atoms with van der Waals surface area (Å²) in [6, 6.07) is -0.536. The van der Waals surface area contributed by atoms with Crippen molar-refractivity contribution in [2.75, 3.05) is 6.54 Å². The lowest BCUT2D eigenvalue weighted by atomic mass is 10.1. The molecule has 5 heteroatoms. The van der Waals surface area contributed by atoms with Gasteiger partial charge in [-0.2, -0.15) is 0 Å². The molecule has 0 saturated carbocycles. The van der Waals surface area contributed by atoms with Gasteiger partial charge in [-0.05, 0) is 19.8 Å². The van der Waals surface area contributed by atoms with Crippen LogP contribution in [0.5, 0.6) is 0 Å². The predicted molar refractivity (Wildman–Crippen MR) is 65.6 cm³/mol. The molecule has 0 aliphatic carbocycles. The number of carboxylic acids is 1. The third-order valence-corrected chi connectivity index (χ3v) is 2.20. The first-order chi connectivity index (χ1) is 8.06. The number of carbonyl (C=O) groups excluding carboxylic acids is 1. The fourth-order valence-corrected chi connectivity index (χ4v) is 1.25. The van der Waals surface area contributed by atoms with Crippen molar-refractivity contribution in [2.45, 2.75) is 45.1 Å². The van der Waals surface area contributed by atoms with Crippen LogP contribution in [0.4, 0.5) is 4.79 Å². The van der Waals surface area contributed by atoms with Crippen LogP contribution < -0.4 is 10.6 Å². The summed E-state index contributed by atoms with van der Waals surface area (Å²) in [5.74, 6) is 1.64. The summed E-state index contributed by atoms with van der Waals surface area (Å²) in [7, 11) is 0. The highest BCUT2D eigenvalue weighted by Gasteiger charge is 2.02. The third-order valence-electron chi connectivity index (χ3n) is 2.20. The zero-order valence-electron chi connectivity index (χ0n) is 10.2. The normalized spacial score (nSPS) is 11.3. The first kappa shape index (κ1) is 15.3. The Balaban J connectivity index is 3.31. The Bertz CT molecular complexity index is 284. The average Bonchev–Trinajstić information content (AvgIpc) is 2.27. The number of hydrogen-bond acceptors (Lipinski definition) is 2. The molecule has 0 fully saturated rings. The van der Waals surface area contributed by atoms with Gasteiger partial charge in [-0.3, -0.25) is 4.79 Å². The lowest BCUT2D eigenvalue weighted by molar-refractivity contribution is -0.137. The Morgan fingerprint density at radius 1 is 1.29 bits per heavy atom. The number of aliphatic carboxylic acids is 1. The Hall–Kier alpha value is -1.70. The van der Waals surface area contributed by atoms with E-state index < -0.39 is 5.97 Å². The van der Waals surface area contributed by atoms with Crippen LogP contribution in [-0.4, -0.2) is 29.7 Å².